The average molecular weight is 600 g/mol. The summed E-state index contributed by atoms with van der Waals surface area (Å²) in [6.07, 6.45) is 5.42. The molecule has 8 nitrogen and oxygen atoms in total. The molecule has 0 atom stereocenters. The predicted molar refractivity (Wildman–Crippen MR) is 173 cm³/mol. The first-order valence-electron chi connectivity index (χ1n) is 15.8. The van der Waals surface area contributed by atoms with Crippen LogP contribution in [0.2, 0.25) is 0 Å². The molecule has 0 unspecified atom stereocenters. The number of ether oxygens (including phenoxy) is 2. The Kier molecular flexibility index (Phi) is 10.1. The molecule has 3 heterocycles. The molecule has 0 spiro atoms. The highest BCUT2D eigenvalue weighted by Crippen LogP contribution is 2.37. The summed E-state index contributed by atoms with van der Waals surface area (Å²) in [6, 6.07) is 12.9. The molecule has 2 aromatic carbocycles. The van der Waals surface area contributed by atoms with Crippen LogP contribution in [-0.2, 0) is 19.7 Å². The van der Waals surface area contributed by atoms with E-state index in [0.717, 1.165) is 90.2 Å². The highest BCUT2D eigenvalue weighted by Gasteiger charge is 2.34. The molecular formula is C36H45N3O5. The van der Waals surface area contributed by atoms with Crippen LogP contribution in [0.15, 0.2) is 65.0 Å². The second-order valence-corrected chi connectivity index (χ2v) is 12.2. The fourth-order valence-corrected chi connectivity index (χ4v) is 6.83. The van der Waals surface area contributed by atoms with Gasteiger partial charge in [0.2, 0.25) is 0 Å². The Morgan fingerprint density at radius 3 is 2.36 bits per heavy atom. The molecule has 234 valence electrons. The molecule has 0 saturated carbocycles. The molecule has 8 heteroatoms. The Balaban J connectivity index is 1.51. The number of hydrogen-bond acceptors (Lipinski definition) is 7. The third-order valence-electron chi connectivity index (χ3n) is 9.55. The maximum Gasteiger partial charge on any atom is 0.251 e. The van der Waals surface area contributed by atoms with Crippen molar-refractivity contribution in [3.05, 3.63) is 81.7 Å². The molecule has 3 N–H and O–H groups in total. The van der Waals surface area contributed by atoms with Crippen molar-refractivity contribution in [3.63, 3.8) is 0 Å². The molecule has 3 aliphatic heterocycles. The van der Waals surface area contributed by atoms with Crippen molar-refractivity contribution in [1.82, 2.24) is 10.6 Å². The van der Waals surface area contributed by atoms with Gasteiger partial charge in [0.05, 0.1) is 6.61 Å². The van der Waals surface area contributed by atoms with Crippen LogP contribution in [0.3, 0.4) is 0 Å². The number of nitrogens with one attached hydrogen (secondary N) is 2. The van der Waals surface area contributed by atoms with E-state index < -0.39 is 0 Å². The number of benzene rings is 2. The van der Waals surface area contributed by atoms with Crippen molar-refractivity contribution in [2.45, 2.75) is 64.8 Å². The monoisotopic (exact) mass is 599 g/mol. The van der Waals surface area contributed by atoms with Gasteiger partial charge in [-0.2, -0.15) is 0 Å². The Hall–Kier alpha value is -3.68. The number of anilines is 1. The van der Waals surface area contributed by atoms with Crippen LogP contribution in [0.5, 0.6) is 0 Å². The van der Waals surface area contributed by atoms with Crippen LogP contribution in [0.1, 0.15) is 67.9 Å². The van der Waals surface area contributed by atoms with Gasteiger partial charge in [0, 0.05) is 73.5 Å². The molecule has 0 radical (unpaired) electrons. The summed E-state index contributed by atoms with van der Waals surface area (Å²) in [5, 5.41) is 16.5. The van der Waals surface area contributed by atoms with Crippen LogP contribution in [0, 0.1) is 6.92 Å². The van der Waals surface area contributed by atoms with Gasteiger partial charge in [-0.25, -0.2) is 4.79 Å². The molecule has 0 bridgehead atoms. The molecule has 2 saturated heterocycles. The number of nitrogens with zero attached hydrogens (tertiary/aromatic N) is 1. The zero-order valence-corrected chi connectivity index (χ0v) is 26.4. The highest BCUT2D eigenvalue weighted by atomic mass is 16.5. The standard InChI is InChI=1S/C36H45N3O5/c1-5-39(30-10-14-43-15-11-30)34-20-28(27-6-8-29(9-7-27)36(23-41)12-16-44-17-13-36)19-31(26(34)4)35(42)37-21-32-24(2)18-25(3)38-33(32)22-40/h6-9,18-20,30,38,41H,5,10-17,21,23H2,1-4H3,(H,37,42). The number of rotatable bonds is 9. The van der Waals surface area contributed by atoms with E-state index in [1.54, 1.807) is 0 Å². The first kappa shape index (κ1) is 31.7. The lowest BCUT2D eigenvalue weighted by Crippen LogP contribution is -2.40. The van der Waals surface area contributed by atoms with E-state index in [0.29, 0.717) is 30.5 Å². The summed E-state index contributed by atoms with van der Waals surface area (Å²) >= 11 is 0. The topological polar surface area (TPSA) is 100 Å². The first-order valence-corrected chi connectivity index (χ1v) is 15.8. The zero-order chi connectivity index (χ0) is 31.3. The van der Waals surface area contributed by atoms with Crippen LogP contribution in [0.4, 0.5) is 5.69 Å². The van der Waals surface area contributed by atoms with E-state index in [1.165, 1.54) is 0 Å². The summed E-state index contributed by atoms with van der Waals surface area (Å²) in [5.74, 6) is 1.80. The largest absolute Gasteiger partial charge is 0.395 e. The van der Waals surface area contributed by atoms with E-state index in [1.807, 2.05) is 38.9 Å². The van der Waals surface area contributed by atoms with Gasteiger partial charge in [-0.3, -0.25) is 4.79 Å². The molecule has 0 aliphatic carbocycles. The minimum absolute atomic E-state index is 0.0903. The van der Waals surface area contributed by atoms with Crippen molar-refractivity contribution < 1.29 is 24.2 Å². The van der Waals surface area contributed by atoms with Crippen molar-refractivity contribution in [3.8, 4) is 11.1 Å². The number of amides is 1. The highest BCUT2D eigenvalue weighted by molar-refractivity contribution is 5.99. The summed E-state index contributed by atoms with van der Waals surface area (Å²) in [4.78, 5) is 28.0. The molecular weight excluding hydrogens is 554 g/mol. The van der Waals surface area contributed by atoms with Gasteiger partial charge in [0.1, 0.15) is 5.70 Å². The summed E-state index contributed by atoms with van der Waals surface area (Å²) < 4.78 is 11.2. The van der Waals surface area contributed by atoms with Crippen molar-refractivity contribution >= 4 is 17.5 Å². The fraction of sp³-hybridized carbons (Fsp3) is 0.472. The summed E-state index contributed by atoms with van der Waals surface area (Å²) in [7, 11) is 0. The Morgan fingerprint density at radius 2 is 1.73 bits per heavy atom. The minimum atomic E-state index is -0.286. The summed E-state index contributed by atoms with van der Waals surface area (Å²) in [5.41, 5.74) is 8.24. The fourth-order valence-electron chi connectivity index (χ4n) is 6.83. The van der Waals surface area contributed by atoms with Gasteiger partial charge in [-0.1, -0.05) is 24.3 Å². The normalized spacial score (nSPS) is 18.8. The Morgan fingerprint density at radius 1 is 1.05 bits per heavy atom. The zero-order valence-electron chi connectivity index (χ0n) is 26.4. The van der Waals surface area contributed by atoms with Gasteiger partial charge in [0.25, 0.3) is 5.91 Å². The molecule has 44 heavy (non-hydrogen) atoms. The number of allylic oxidation sites excluding steroid dienone is 3. The predicted octanol–water partition coefficient (Wildman–Crippen LogP) is 4.98. The van der Waals surface area contributed by atoms with Crippen molar-refractivity contribution in [1.29, 1.82) is 0 Å². The van der Waals surface area contributed by atoms with Gasteiger partial charge in [-0.15, -0.1) is 0 Å². The van der Waals surface area contributed by atoms with Gasteiger partial charge in [-0.05, 0) is 99.4 Å². The SMILES string of the molecule is CCN(c1cc(-c2ccc(C3(CO)CCOCC3)cc2)cc(C(=O)NCC2=C(C)C=C(C)NC2=C=O)c1C)C1CCOCC1. The molecule has 3 aliphatic rings. The number of aliphatic hydroxyl groups is 1. The van der Waals surface area contributed by atoms with Crippen molar-refractivity contribution in [2.75, 3.05) is 51.0 Å². The smallest absolute Gasteiger partial charge is 0.251 e. The van der Waals surface area contributed by atoms with Crippen LogP contribution < -0.4 is 15.5 Å². The number of aliphatic hydroxyl groups excluding tert-OH is 1. The van der Waals surface area contributed by atoms with E-state index in [2.05, 4.69) is 52.8 Å². The van der Waals surface area contributed by atoms with Crippen LogP contribution in [-0.4, -0.2) is 69.1 Å². The quantitative estimate of drug-likeness (QED) is 0.350. The second kappa shape index (κ2) is 14.0. The average Bonchev–Trinajstić information content (AvgIpc) is 3.05. The van der Waals surface area contributed by atoms with Gasteiger partial charge in [0.15, 0.2) is 5.94 Å². The van der Waals surface area contributed by atoms with Crippen LogP contribution >= 0.6 is 0 Å². The van der Waals surface area contributed by atoms with E-state index in [9.17, 15) is 14.7 Å². The van der Waals surface area contributed by atoms with Crippen molar-refractivity contribution in [2.24, 2.45) is 0 Å². The lowest BCUT2D eigenvalue weighted by molar-refractivity contribution is 0.0253. The lowest BCUT2D eigenvalue weighted by atomic mass is 9.74. The lowest BCUT2D eigenvalue weighted by Gasteiger charge is -2.37. The number of dihydropyridines is 1. The molecule has 1 amide bonds. The van der Waals surface area contributed by atoms with Crippen LogP contribution in [0.25, 0.3) is 11.1 Å². The summed E-state index contributed by atoms with van der Waals surface area (Å²) in [6.45, 7) is 11.9. The van der Waals surface area contributed by atoms with Gasteiger partial charge < -0.3 is 30.1 Å². The Bertz CT molecular complexity index is 1470. The van der Waals surface area contributed by atoms with E-state index in [4.69, 9.17) is 9.47 Å². The number of carbonyl (C=O) groups excluding carboxylic acids is 2. The number of hydrogen-bond donors (Lipinski definition) is 3. The third kappa shape index (κ3) is 6.54. The maximum absolute atomic E-state index is 13.9. The maximum atomic E-state index is 13.9. The molecule has 0 aromatic heterocycles. The molecule has 5 rings (SSSR count). The minimum Gasteiger partial charge on any atom is -0.395 e. The second-order valence-electron chi connectivity index (χ2n) is 12.2. The molecule has 2 fully saturated rings. The molecule has 2 aromatic rings. The Labute approximate surface area is 260 Å². The van der Waals surface area contributed by atoms with E-state index >= 15 is 0 Å². The third-order valence-corrected chi connectivity index (χ3v) is 9.55. The first-order chi connectivity index (χ1) is 21.3. The van der Waals surface area contributed by atoms with Gasteiger partial charge >= 0.3 is 0 Å². The number of carbonyl (C=O) groups is 1. The van der Waals surface area contributed by atoms with E-state index in [-0.39, 0.29) is 24.5 Å².